The summed E-state index contributed by atoms with van der Waals surface area (Å²) in [4.78, 5) is 39.9. The van der Waals surface area contributed by atoms with E-state index in [1.807, 2.05) is 0 Å². The number of H-pyrrole nitrogens is 1. The van der Waals surface area contributed by atoms with Gasteiger partial charge in [-0.15, -0.1) is 0 Å². The van der Waals surface area contributed by atoms with E-state index in [0.29, 0.717) is 39.6 Å². The van der Waals surface area contributed by atoms with Crippen LogP contribution < -0.4 is 10.6 Å². The van der Waals surface area contributed by atoms with E-state index in [4.69, 9.17) is 0 Å². The zero-order valence-electron chi connectivity index (χ0n) is 18.3. The van der Waals surface area contributed by atoms with Crippen LogP contribution in [-0.4, -0.2) is 32.1 Å². The molecule has 0 spiro atoms. The molecular formula is C25H23FN6O2. The van der Waals surface area contributed by atoms with Gasteiger partial charge in [-0.1, -0.05) is 12.8 Å². The van der Waals surface area contributed by atoms with Crippen LogP contribution in [0.4, 0.5) is 15.8 Å². The summed E-state index contributed by atoms with van der Waals surface area (Å²) in [5.74, 6) is 0.386. The van der Waals surface area contributed by atoms with Gasteiger partial charge in [-0.2, -0.15) is 0 Å². The van der Waals surface area contributed by atoms with Gasteiger partial charge in [0.25, 0.3) is 5.91 Å². The molecule has 1 aliphatic rings. The van der Waals surface area contributed by atoms with Crippen LogP contribution in [0.25, 0.3) is 11.2 Å². The Morgan fingerprint density at radius 2 is 1.88 bits per heavy atom. The molecule has 0 radical (unpaired) electrons. The van der Waals surface area contributed by atoms with E-state index >= 15 is 0 Å². The Hall–Kier alpha value is -4.14. The van der Waals surface area contributed by atoms with E-state index in [-0.39, 0.29) is 12.2 Å². The van der Waals surface area contributed by atoms with Crippen molar-refractivity contribution in [1.82, 2.24) is 25.3 Å². The van der Waals surface area contributed by atoms with Gasteiger partial charge in [-0.3, -0.25) is 9.59 Å². The van der Waals surface area contributed by atoms with Crippen LogP contribution in [0.2, 0.25) is 0 Å². The second-order valence-corrected chi connectivity index (χ2v) is 8.42. The predicted octanol–water partition coefficient (Wildman–Crippen LogP) is 4.64. The molecule has 8 nitrogen and oxygen atoms in total. The molecule has 1 aliphatic carbocycles. The third-order valence-electron chi connectivity index (χ3n) is 6.01. The van der Waals surface area contributed by atoms with E-state index in [0.717, 1.165) is 25.0 Å². The first kappa shape index (κ1) is 21.7. The normalized spacial score (nSPS) is 13.8. The number of rotatable bonds is 7. The van der Waals surface area contributed by atoms with Gasteiger partial charge in [0, 0.05) is 29.4 Å². The molecule has 0 saturated heterocycles. The molecule has 5 rings (SSSR count). The van der Waals surface area contributed by atoms with Crippen LogP contribution >= 0.6 is 0 Å². The van der Waals surface area contributed by atoms with Crippen molar-refractivity contribution in [3.63, 3.8) is 0 Å². The molecule has 0 aliphatic heterocycles. The predicted molar refractivity (Wildman–Crippen MR) is 126 cm³/mol. The number of hydrogen-bond donors (Lipinski definition) is 3. The van der Waals surface area contributed by atoms with Crippen molar-refractivity contribution < 1.29 is 14.0 Å². The Morgan fingerprint density at radius 3 is 2.65 bits per heavy atom. The number of halogens is 1. The summed E-state index contributed by atoms with van der Waals surface area (Å²) < 4.78 is 14.2. The zero-order chi connectivity index (χ0) is 23.5. The smallest absolute Gasteiger partial charge is 0.272 e. The quantitative estimate of drug-likeness (QED) is 0.348. The monoisotopic (exact) mass is 458 g/mol. The Labute approximate surface area is 195 Å². The number of anilines is 2. The van der Waals surface area contributed by atoms with Crippen LogP contribution in [-0.2, 0) is 6.54 Å². The van der Waals surface area contributed by atoms with Crippen molar-refractivity contribution in [2.75, 3.05) is 5.32 Å². The van der Waals surface area contributed by atoms with Crippen LogP contribution in [0.3, 0.4) is 0 Å². The van der Waals surface area contributed by atoms with Gasteiger partial charge in [0.2, 0.25) is 0 Å². The summed E-state index contributed by atoms with van der Waals surface area (Å²) >= 11 is 0. The Morgan fingerprint density at radius 1 is 1.09 bits per heavy atom. The highest BCUT2D eigenvalue weighted by molar-refractivity contribution is 6.02. The molecule has 34 heavy (non-hydrogen) atoms. The lowest BCUT2D eigenvalue weighted by Crippen LogP contribution is -2.24. The van der Waals surface area contributed by atoms with E-state index in [1.54, 1.807) is 30.3 Å². The third-order valence-corrected chi connectivity index (χ3v) is 6.01. The average molecular weight is 458 g/mol. The minimum Gasteiger partial charge on any atom is -0.355 e. The third kappa shape index (κ3) is 4.63. The Bertz CT molecular complexity index is 1350. The number of nitrogens with one attached hydrogen (secondary N) is 3. The number of hydrogen-bond acceptors (Lipinski definition) is 6. The van der Waals surface area contributed by atoms with Gasteiger partial charge in [0.1, 0.15) is 29.8 Å². The number of benzene rings is 2. The Balaban J connectivity index is 1.30. The molecule has 1 saturated carbocycles. The fourth-order valence-corrected chi connectivity index (χ4v) is 4.31. The van der Waals surface area contributed by atoms with E-state index in [9.17, 15) is 14.0 Å². The summed E-state index contributed by atoms with van der Waals surface area (Å²) in [5.41, 5.74) is 3.59. The zero-order valence-corrected chi connectivity index (χ0v) is 18.3. The first-order valence-corrected chi connectivity index (χ1v) is 11.2. The number of imidazole rings is 1. The fraction of sp³-hybridized carbons (Fsp3) is 0.240. The maximum atomic E-state index is 14.2. The minimum absolute atomic E-state index is 0.116. The van der Waals surface area contributed by atoms with Gasteiger partial charge < -0.3 is 15.6 Å². The molecule has 0 bridgehead atoms. The molecule has 3 N–H and O–H groups in total. The second kappa shape index (κ2) is 9.38. The molecule has 0 unspecified atom stereocenters. The van der Waals surface area contributed by atoms with Crippen molar-refractivity contribution in [2.24, 2.45) is 0 Å². The van der Waals surface area contributed by atoms with E-state index in [2.05, 4.69) is 30.6 Å². The summed E-state index contributed by atoms with van der Waals surface area (Å²) in [6, 6.07) is 11.3. The summed E-state index contributed by atoms with van der Waals surface area (Å²) in [7, 11) is 0. The van der Waals surface area contributed by atoms with Crippen LogP contribution in [0.1, 0.15) is 63.8 Å². The highest BCUT2D eigenvalue weighted by Crippen LogP contribution is 2.33. The molecule has 1 fully saturated rings. The summed E-state index contributed by atoms with van der Waals surface area (Å²) in [5, 5.41) is 5.92. The number of carbonyl (C=O) groups is 2. The number of carbonyl (C=O) groups excluding carboxylic acids is 2. The first-order chi connectivity index (χ1) is 16.6. The van der Waals surface area contributed by atoms with Crippen LogP contribution in [0.15, 0.2) is 48.8 Å². The maximum absolute atomic E-state index is 14.2. The van der Waals surface area contributed by atoms with E-state index < -0.39 is 11.7 Å². The Kier molecular flexibility index (Phi) is 5.99. The van der Waals surface area contributed by atoms with Crippen LogP contribution in [0.5, 0.6) is 0 Å². The van der Waals surface area contributed by atoms with Gasteiger partial charge in [0.05, 0.1) is 0 Å². The number of fused-ring (bicyclic) bond motifs is 1. The molecule has 2 aromatic carbocycles. The molecule has 172 valence electrons. The highest BCUT2D eigenvalue weighted by Gasteiger charge is 2.23. The average Bonchev–Trinajstić information content (AvgIpc) is 3.52. The maximum Gasteiger partial charge on any atom is 0.272 e. The van der Waals surface area contributed by atoms with Crippen molar-refractivity contribution in [3.05, 3.63) is 77.3 Å². The minimum atomic E-state index is -0.432. The molecule has 2 heterocycles. The van der Waals surface area contributed by atoms with Crippen LogP contribution in [0, 0.1) is 5.82 Å². The number of amides is 1. The topological polar surface area (TPSA) is 113 Å². The van der Waals surface area contributed by atoms with E-state index in [1.165, 1.54) is 31.3 Å². The SMILES string of the molecule is O=Cc1ccc(Nc2cc(F)cc(CNC(=O)c3ncnc4nc(C5CCCC5)[nH]c34)c2)cc1. The number of aromatic amines is 1. The second-order valence-electron chi connectivity index (χ2n) is 8.42. The standard InChI is InChI=1S/C25H23FN6O2/c26-18-9-16(10-20(11-18)30-19-7-5-15(13-33)6-8-19)12-27-25(34)22-21-24(29-14-28-22)32-23(31-21)17-3-1-2-4-17/h5-11,13-14,17,30H,1-4,12H2,(H,27,34)(H,28,29,31,32). The molecule has 0 atom stereocenters. The lowest BCUT2D eigenvalue weighted by molar-refractivity contribution is 0.0947. The molecule has 9 heteroatoms. The van der Waals surface area contributed by atoms with Gasteiger partial charge in [-0.25, -0.2) is 19.3 Å². The number of aromatic nitrogens is 4. The summed E-state index contributed by atoms with van der Waals surface area (Å²) in [6.07, 6.45) is 6.59. The number of nitrogens with zero attached hydrogens (tertiary/aromatic N) is 3. The largest absolute Gasteiger partial charge is 0.355 e. The molecule has 4 aromatic rings. The van der Waals surface area contributed by atoms with Gasteiger partial charge >= 0.3 is 0 Å². The van der Waals surface area contributed by atoms with Gasteiger partial charge in [0.15, 0.2) is 11.3 Å². The van der Waals surface area contributed by atoms with Crippen molar-refractivity contribution in [2.45, 2.75) is 38.1 Å². The van der Waals surface area contributed by atoms with Crippen molar-refractivity contribution in [3.8, 4) is 0 Å². The lowest BCUT2D eigenvalue weighted by Gasteiger charge is -2.10. The molecular weight excluding hydrogens is 435 g/mol. The fourth-order valence-electron chi connectivity index (χ4n) is 4.31. The van der Waals surface area contributed by atoms with Crippen molar-refractivity contribution in [1.29, 1.82) is 0 Å². The lowest BCUT2D eigenvalue weighted by atomic mass is 10.1. The number of aldehydes is 1. The first-order valence-electron chi connectivity index (χ1n) is 11.2. The van der Waals surface area contributed by atoms with Gasteiger partial charge in [-0.05, 0) is 60.9 Å². The molecule has 2 aromatic heterocycles. The molecule has 1 amide bonds. The highest BCUT2D eigenvalue weighted by atomic mass is 19.1. The van der Waals surface area contributed by atoms with Crippen molar-refractivity contribution >= 4 is 34.7 Å². The summed E-state index contributed by atoms with van der Waals surface area (Å²) in [6.45, 7) is 0.116.